The summed E-state index contributed by atoms with van der Waals surface area (Å²) in [5.74, 6) is 0.970. The van der Waals surface area contributed by atoms with Gasteiger partial charge in [-0.15, -0.1) is 0 Å². The van der Waals surface area contributed by atoms with E-state index in [9.17, 15) is 4.79 Å². The molecule has 0 saturated carbocycles. The van der Waals surface area contributed by atoms with Gasteiger partial charge < -0.3 is 10.6 Å². The van der Waals surface area contributed by atoms with Crippen LogP contribution in [0.4, 0.5) is 11.6 Å². The summed E-state index contributed by atoms with van der Waals surface area (Å²) >= 11 is 0. The van der Waals surface area contributed by atoms with E-state index in [1.807, 2.05) is 31.2 Å². The van der Waals surface area contributed by atoms with Gasteiger partial charge in [0.25, 0.3) is 5.91 Å². The SMILES string of the molecule is Cc1ccc(NC(=O)c2cnc(NCCC(C)C)nc2)cc1. The highest BCUT2D eigenvalue weighted by Gasteiger charge is 2.07. The van der Waals surface area contributed by atoms with E-state index in [4.69, 9.17) is 0 Å². The minimum absolute atomic E-state index is 0.211. The molecule has 0 saturated heterocycles. The van der Waals surface area contributed by atoms with Gasteiger partial charge in [-0.1, -0.05) is 31.5 Å². The van der Waals surface area contributed by atoms with E-state index >= 15 is 0 Å². The summed E-state index contributed by atoms with van der Waals surface area (Å²) < 4.78 is 0. The minimum atomic E-state index is -0.211. The molecule has 2 N–H and O–H groups in total. The van der Waals surface area contributed by atoms with Crippen LogP contribution in [-0.2, 0) is 0 Å². The third-order valence-electron chi connectivity index (χ3n) is 3.23. The molecule has 0 bridgehead atoms. The van der Waals surface area contributed by atoms with Crippen LogP contribution in [0.15, 0.2) is 36.7 Å². The van der Waals surface area contributed by atoms with E-state index in [0.29, 0.717) is 17.4 Å². The highest BCUT2D eigenvalue weighted by molar-refractivity contribution is 6.03. The fraction of sp³-hybridized carbons (Fsp3) is 0.353. The molecule has 0 fully saturated rings. The number of anilines is 2. The molecule has 1 amide bonds. The van der Waals surface area contributed by atoms with Crippen LogP contribution in [0.5, 0.6) is 0 Å². The lowest BCUT2D eigenvalue weighted by Gasteiger charge is -2.08. The molecule has 1 aromatic carbocycles. The monoisotopic (exact) mass is 298 g/mol. The largest absolute Gasteiger partial charge is 0.354 e. The van der Waals surface area contributed by atoms with Crippen LogP contribution >= 0.6 is 0 Å². The van der Waals surface area contributed by atoms with Gasteiger partial charge >= 0.3 is 0 Å². The maximum Gasteiger partial charge on any atom is 0.258 e. The zero-order valence-corrected chi connectivity index (χ0v) is 13.3. The smallest absolute Gasteiger partial charge is 0.258 e. The summed E-state index contributed by atoms with van der Waals surface area (Å²) in [6, 6.07) is 7.65. The van der Waals surface area contributed by atoms with Gasteiger partial charge in [0.15, 0.2) is 0 Å². The van der Waals surface area contributed by atoms with Crippen molar-refractivity contribution in [3.8, 4) is 0 Å². The quantitative estimate of drug-likeness (QED) is 0.856. The van der Waals surface area contributed by atoms with Gasteiger partial charge in [-0.25, -0.2) is 9.97 Å². The Balaban J connectivity index is 1.91. The number of amides is 1. The number of hydrogen-bond donors (Lipinski definition) is 2. The maximum absolute atomic E-state index is 12.1. The molecule has 2 aromatic rings. The topological polar surface area (TPSA) is 66.9 Å². The maximum atomic E-state index is 12.1. The van der Waals surface area contributed by atoms with E-state index in [1.165, 1.54) is 12.4 Å². The number of aromatic nitrogens is 2. The van der Waals surface area contributed by atoms with E-state index in [2.05, 4.69) is 34.4 Å². The average molecular weight is 298 g/mol. The molecule has 1 aromatic heterocycles. The first-order valence-corrected chi connectivity index (χ1v) is 7.48. The number of rotatable bonds is 6. The van der Waals surface area contributed by atoms with Crippen molar-refractivity contribution in [2.75, 3.05) is 17.2 Å². The Morgan fingerprint density at radius 3 is 2.36 bits per heavy atom. The van der Waals surface area contributed by atoms with Crippen molar-refractivity contribution >= 4 is 17.5 Å². The molecule has 2 rings (SSSR count). The van der Waals surface area contributed by atoms with Crippen LogP contribution in [0.1, 0.15) is 36.2 Å². The fourth-order valence-electron chi connectivity index (χ4n) is 1.85. The molecular weight excluding hydrogens is 276 g/mol. The van der Waals surface area contributed by atoms with Crippen molar-refractivity contribution in [3.05, 3.63) is 47.8 Å². The number of benzene rings is 1. The van der Waals surface area contributed by atoms with Crippen LogP contribution < -0.4 is 10.6 Å². The molecule has 1 heterocycles. The van der Waals surface area contributed by atoms with Crippen molar-refractivity contribution in [2.45, 2.75) is 27.2 Å². The van der Waals surface area contributed by atoms with Gasteiger partial charge in [-0.2, -0.15) is 0 Å². The normalized spacial score (nSPS) is 10.5. The molecule has 22 heavy (non-hydrogen) atoms. The summed E-state index contributed by atoms with van der Waals surface area (Å²) in [5, 5.41) is 5.97. The third kappa shape index (κ3) is 4.84. The number of carbonyl (C=O) groups is 1. The van der Waals surface area contributed by atoms with Gasteiger partial charge in [0.2, 0.25) is 5.95 Å². The van der Waals surface area contributed by atoms with Crippen molar-refractivity contribution < 1.29 is 4.79 Å². The predicted molar refractivity (Wildman–Crippen MR) is 89.1 cm³/mol. The minimum Gasteiger partial charge on any atom is -0.354 e. The summed E-state index contributed by atoms with van der Waals surface area (Å²) in [6.45, 7) is 7.17. The molecule has 116 valence electrons. The molecule has 0 aliphatic carbocycles. The van der Waals surface area contributed by atoms with Crippen molar-refractivity contribution in [2.24, 2.45) is 5.92 Å². The average Bonchev–Trinajstić information content (AvgIpc) is 2.50. The second kappa shape index (κ2) is 7.54. The molecule has 5 nitrogen and oxygen atoms in total. The van der Waals surface area contributed by atoms with Crippen LogP contribution in [0, 0.1) is 12.8 Å². The van der Waals surface area contributed by atoms with Crippen LogP contribution in [0.2, 0.25) is 0 Å². The lowest BCUT2D eigenvalue weighted by atomic mass is 10.1. The lowest BCUT2D eigenvalue weighted by molar-refractivity contribution is 0.102. The Labute approximate surface area is 131 Å². The molecule has 0 unspecified atom stereocenters. The Morgan fingerprint density at radius 2 is 1.77 bits per heavy atom. The van der Waals surface area contributed by atoms with Crippen LogP contribution in [-0.4, -0.2) is 22.4 Å². The highest BCUT2D eigenvalue weighted by atomic mass is 16.1. The number of nitrogens with zero attached hydrogens (tertiary/aromatic N) is 2. The summed E-state index contributed by atoms with van der Waals surface area (Å²) in [6.07, 6.45) is 4.13. The molecule has 0 aliphatic heterocycles. The summed E-state index contributed by atoms with van der Waals surface area (Å²) in [5.41, 5.74) is 2.35. The zero-order chi connectivity index (χ0) is 15.9. The first-order chi connectivity index (χ1) is 10.5. The van der Waals surface area contributed by atoms with Crippen molar-refractivity contribution in [1.82, 2.24) is 9.97 Å². The Bertz CT molecular complexity index is 606. The summed E-state index contributed by atoms with van der Waals surface area (Å²) in [4.78, 5) is 20.4. The Morgan fingerprint density at radius 1 is 1.14 bits per heavy atom. The number of hydrogen-bond acceptors (Lipinski definition) is 4. The Hall–Kier alpha value is -2.43. The molecule has 0 radical (unpaired) electrons. The number of nitrogens with one attached hydrogen (secondary N) is 2. The zero-order valence-electron chi connectivity index (χ0n) is 13.3. The Kier molecular flexibility index (Phi) is 5.47. The molecule has 0 spiro atoms. The molecule has 0 atom stereocenters. The second-order valence-electron chi connectivity index (χ2n) is 5.72. The second-order valence-corrected chi connectivity index (χ2v) is 5.72. The van der Waals surface area contributed by atoms with Gasteiger partial charge in [-0.05, 0) is 31.4 Å². The van der Waals surface area contributed by atoms with Crippen molar-refractivity contribution in [1.29, 1.82) is 0 Å². The first kappa shape index (κ1) is 15.9. The highest BCUT2D eigenvalue weighted by Crippen LogP contribution is 2.10. The predicted octanol–water partition coefficient (Wildman–Crippen LogP) is 3.50. The molecule has 0 aliphatic rings. The molecular formula is C17H22N4O. The van der Waals surface area contributed by atoms with E-state index in [-0.39, 0.29) is 5.91 Å². The van der Waals surface area contributed by atoms with Crippen molar-refractivity contribution in [3.63, 3.8) is 0 Å². The lowest BCUT2D eigenvalue weighted by Crippen LogP contribution is -2.14. The third-order valence-corrected chi connectivity index (χ3v) is 3.23. The van der Waals surface area contributed by atoms with Gasteiger partial charge in [0.05, 0.1) is 5.56 Å². The molecule has 5 heteroatoms. The number of carbonyl (C=O) groups excluding carboxylic acids is 1. The van der Waals surface area contributed by atoms with Gasteiger partial charge in [0, 0.05) is 24.6 Å². The standard InChI is InChI=1S/C17H22N4O/c1-12(2)8-9-18-17-19-10-14(11-20-17)16(22)21-15-6-4-13(3)5-7-15/h4-7,10-12H,8-9H2,1-3H3,(H,21,22)(H,18,19,20). The number of aryl methyl sites for hydroxylation is 1. The van der Waals surface area contributed by atoms with Crippen LogP contribution in [0.25, 0.3) is 0 Å². The van der Waals surface area contributed by atoms with Gasteiger partial charge in [0.1, 0.15) is 0 Å². The van der Waals surface area contributed by atoms with E-state index in [1.54, 1.807) is 0 Å². The van der Waals surface area contributed by atoms with Crippen LogP contribution in [0.3, 0.4) is 0 Å². The summed E-state index contributed by atoms with van der Waals surface area (Å²) in [7, 11) is 0. The first-order valence-electron chi connectivity index (χ1n) is 7.48. The van der Waals surface area contributed by atoms with E-state index < -0.39 is 0 Å². The fourth-order valence-corrected chi connectivity index (χ4v) is 1.85. The van der Waals surface area contributed by atoms with Gasteiger partial charge in [-0.3, -0.25) is 4.79 Å². The van der Waals surface area contributed by atoms with E-state index in [0.717, 1.165) is 24.2 Å².